The van der Waals surface area contributed by atoms with Gasteiger partial charge in [0.05, 0.1) is 5.52 Å². The van der Waals surface area contributed by atoms with Crippen LogP contribution in [0.25, 0.3) is 10.9 Å². The highest BCUT2D eigenvalue weighted by Gasteiger charge is 2.39. The molecule has 6 heteroatoms. The smallest absolute Gasteiger partial charge is 0.344 e. The molecule has 3 rings (SSSR count). The molecule has 1 aromatic carbocycles. The fourth-order valence-electron chi connectivity index (χ4n) is 2.50. The van der Waals surface area contributed by atoms with Crippen LogP contribution >= 0.6 is 0 Å². The normalized spacial score (nSPS) is 15.4. The second-order valence-corrected chi connectivity index (χ2v) is 5.34. The lowest BCUT2D eigenvalue weighted by Gasteiger charge is -2.27. The number of alkyl halides is 3. The SMILES string of the molecule is NCc1cc2ccccc2nc1N(CC(F)(F)F)C1CC1. The summed E-state index contributed by atoms with van der Waals surface area (Å²) in [4.78, 5) is 5.79. The Morgan fingerprint density at radius 3 is 2.57 bits per heavy atom. The standard InChI is InChI=1S/C15H16F3N3/c16-15(17,18)9-21(12-5-6-12)14-11(8-19)7-10-3-1-2-4-13(10)20-14/h1-4,7,12H,5-6,8-9,19H2. The first kappa shape index (κ1) is 14.1. The summed E-state index contributed by atoms with van der Waals surface area (Å²) in [6.07, 6.45) is -2.70. The van der Waals surface area contributed by atoms with Crippen LogP contribution in [0.4, 0.5) is 19.0 Å². The van der Waals surface area contributed by atoms with E-state index >= 15 is 0 Å². The highest BCUT2D eigenvalue weighted by Crippen LogP contribution is 2.36. The van der Waals surface area contributed by atoms with E-state index in [1.165, 1.54) is 4.90 Å². The molecule has 0 bridgehead atoms. The maximum atomic E-state index is 12.8. The third-order valence-electron chi connectivity index (χ3n) is 3.61. The predicted molar refractivity (Wildman–Crippen MR) is 76.1 cm³/mol. The molecule has 1 aliphatic carbocycles. The molecule has 0 spiro atoms. The van der Waals surface area contributed by atoms with Crippen LogP contribution in [0.2, 0.25) is 0 Å². The molecule has 1 aromatic heterocycles. The Bertz CT molecular complexity index is 650. The maximum Gasteiger partial charge on any atom is 0.405 e. The van der Waals surface area contributed by atoms with Crippen LogP contribution in [0.15, 0.2) is 30.3 Å². The number of benzene rings is 1. The molecular weight excluding hydrogens is 279 g/mol. The number of pyridine rings is 1. The molecule has 21 heavy (non-hydrogen) atoms. The number of hydrogen-bond acceptors (Lipinski definition) is 3. The predicted octanol–water partition coefficient (Wildman–Crippen LogP) is 3.22. The highest BCUT2D eigenvalue weighted by atomic mass is 19.4. The largest absolute Gasteiger partial charge is 0.405 e. The summed E-state index contributed by atoms with van der Waals surface area (Å²) < 4.78 is 38.5. The van der Waals surface area contributed by atoms with Crippen molar-refractivity contribution in [2.24, 2.45) is 5.73 Å². The van der Waals surface area contributed by atoms with Crippen molar-refractivity contribution >= 4 is 16.7 Å². The van der Waals surface area contributed by atoms with Gasteiger partial charge < -0.3 is 10.6 Å². The van der Waals surface area contributed by atoms with Gasteiger partial charge in [0.1, 0.15) is 12.4 Å². The molecular formula is C15H16F3N3. The van der Waals surface area contributed by atoms with Crippen LogP contribution in [0.5, 0.6) is 0 Å². The lowest BCUT2D eigenvalue weighted by molar-refractivity contribution is -0.120. The van der Waals surface area contributed by atoms with Crippen molar-refractivity contribution in [1.29, 1.82) is 0 Å². The van der Waals surface area contributed by atoms with Crippen molar-refractivity contribution in [2.75, 3.05) is 11.4 Å². The first-order valence-electron chi connectivity index (χ1n) is 6.90. The van der Waals surface area contributed by atoms with Crippen molar-refractivity contribution in [3.05, 3.63) is 35.9 Å². The summed E-state index contributed by atoms with van der Waals surface area (Å²) in [5.41, 5.74) is 7.07. The Kier molecular flexibility index (Phi) is 3.49. The zero-order valence-corrected chi connectivity index (χ0v) is 11.4. The second-order valence-electron chi connectivity index (χ2n) is 5.34. The van der Waals surface area contributed by atoms with E-state index in [0.29, 0.717) is 16.9 Å². The molecule has 0 radical (unpaired) electrons. The molecule has 3 nitrogen and oxygen atoms in total. The molecule has 1 saturated carbocycles. The van der Waals surface area contributed by atoms with Crippen LogP contribution in [0.1, 0.15) is 18.4 Å². The molecule has 112 valence electrons. The van der Waals surface area contributed by atoms with Crippen LogP contribution in [-0.4, -0.2) is 23.7 Å². The summed E-state index contributed by atoms with van der Waals surface area (Å²) in [5.74, 6) is 0.371. The monoisotopic (exact) mass is 295 g/mol. The van der Waals surface area contributed by atoms with E-state index < -0.39 is 12.7 Å². The lowest BCUT2D eigenvalue weighted by Crippen LogP contribution is -2.37. The van der Waals surface area contributed by atoms with Gasteiger partial charge in [-0.25, -0.2) is 4.98 Å². The Morgan fingerprint density at radius 2 is 1.95 bits per heavy atom. The van der Waals surface area contributed by atoms with E-state index in [1.54, 1.807) is 6.07 Å². The van der Waals surface area contributed by atoms with E-state index in [4.69, 9.17) is 5.73 Å². The van der Waals surface area contributed by atoms with Gasteiger partial charge >= 0.3 is 6.18 Å². The maximum absolute atomic E-state index is 12.8. The number of nitrogens with two attached hydrogens (primary N) is 1. The fraction of sp³-hybridized carbons (Fsp3) is 0.400. The van der Waals surface area contributed by atoms with E-state index in [0.717, 1.165) is 18.2 Å². The summed E-state index contributed by atoms with van der Waals surface area (Å²) in [6.45, 7) is -0.801. The van der Waals surface area contributed by atoms with Gasteiger partial charge in [0.15, 0.2) is 0 Å². The number of fused-ring (bicyclic) bond motifs is 1. The second kappa shape index (κ2) is 5.18. The molecule has 1 heterocycles. The molecule has 1 fully saturated rings. The van der Waals surface area contributed by atoms with Gasteiger partial charge in [0.25, 0.3) is 0 Å². The van der Waals surface area contributed by atoms with Gasteiger partial charge in [0, 0.05) is 23.5 Å². The number of halogens is 3. The zero-order valence-electron chi connectivity index (χ0n) is 11.4. The molecule has 2 N–H and O–H groups in total. The average Bonchev–Trinajstić information content (AvgIpc) is 3.27. The molecule has 0 saturated heterocycles. The first-order chi connectivity index (χ1) is 9.98. The topological polar surface area (TPSA) is 42.1 Å². The minimum absolute atomic E-state index is 0.0782. The zero-order chi connectivity index (χ0) is 15.0. The summed E-state index contributed by atoms with van der Waals surface area (Å²) in [7, 11) is 0. The minimum atomic E-state index is -4.25. The quantitative estimate of drug-likeness (QED) is 0.941. The minimum Gasteiger partial charge on any atom is -0.344 e. The summed E-state index contributed by atoms with van der Waals surface area (Å²) in [6, 6.07) is 9.15. The lowest BCUT2D eigenvalue weighted by atomic mass is 10.1. The molecule has 2 aromatic rings. The Hall–Kier alpha value is -1.82. The molecule has 0 unspecified atom stereocenters. The molecule has 0 aliphatic heterocycles. The van der Waals surface area contributed by atoms with Gasteiger partial charge in [-0.15, -0.1) is 0 Å². The van der Waals surface area contributed by atoms with E-state index in [9.17, 15) is 13.2 Å². The van der Waals surface area contributed by atoms with Crippen LogP contribution in [0.3, 0.4) is 0 Å². The molecule has 1 aliphatic rings. The van der Waals surface area contributed by atoms with Gasteiger partial charge in [-0.1, -0.05) is 18.2 Å². The number of nitrogens with zero attached hydrogens (tertiary/aromatic N) is 2. The van der Waals surface area contributed by atoms with Gasteiger partial charge in [-0.05, 0) is 25.0 Å². The highest BCUT2D eigenvalue weighted by molar-refractivity contribution is 5.82. The van der Waals surface area contributed by atoms with Crippen molar-refractivity contribution in [2.45, 2.75) is 31.6 Å². The van der Waals surface area contributed by atoms with E-state index in [1.807, 2.05) is 24.3 Å². The number of rotatable bonds is 4. The van der Waals surface area contributed by atoms with Gasteiger partial charge in [0.2, 0.25) is 0 Å². The number of aromatic nitrogens is 1. The molecule has 0 atom stereocenters. The van der Waals surface area contributed by atoms with Crippen molar-refractivity contribution in [3.8, 4) is 0 Å². The van der Waals surface area contributed by atoms with Crippen molar-refractivity contribution in [1.82, 2.24) is 4.98 Å². The Labute approximate surface area is 120 Å². The average molecular weight is 295 g/mol. The summed E-state index contributed by atoms with van der Waals surface area (Å²) in [5, 5.41) is 0.893. The first-order valence-corrected chi connectivity index (χ1v) is 6.90. The summed E-state index contributed by atoms with van der Waals surface area (Å²) >= 11 is 0. The molecule has 0 amide bonds. The fourth-order valence-corrected chi connectivity index (χ4v) is 2.50. The van der Waals surface area contributed by atoms with Crippen molar-refractivity contribution in [3.63, 3.8) is 0 Å². The van der Waals surface area contributed by atoms with E-state index in [2.05, 4.69) is 4.98 Å². The van der Waals surface area contributed by atoms with Gasteiger partial charge in [-0.2, -0.15) is 13.2 Å². The third-order valence-corrected chi connectivity index (χ3v) is 3.61. The Balaban J connectivity index is 2.07. The number of hydrogen-bond donors (Lipinski definition) is 1. The van der Waals surface area contributed by atoms with Crippen LogP contribution in [0, 0.1) is 0 Å². The number of para-hydroxylation sites is 1. The third kappa shape index (κ3) is 3.10. The van der Waals surface area contributed by atoms with Crippen molar-refractivity contribution < 1.29 is 13.2 Å². The van der Waals surface area contributed by atoms with Crippen LogP contribution in [-0.2, 0) is 6.54 Å². The van der Waals surface area contributed by atoms with Gasteiger partial charge in [-0.3, -0.25) is 0 Å². The van der Waals surface area contributed by atoms with E-state index in [-0.39, 0.29) is 12.6 Å². The Morgan fingerprint density at radius 1 is 1.24 bits per heavy atom. The number of anilines is 1. The van der Waals surface area contributed by atoms with Crippen LogP contribution < -0.4 is 10.6 Å².